The van der Waals surface area contributed by atoms with Crippen LogP contribution in [0.3, 0.4) is 0 Å². The second-order valence-corrected chi connectivity index (χ2v) is 9.29. The third-order valence-corrected chi connectivity index (χ3v) is 6.12. The van der Waals surface area contributed by atoms with E-state index < -0.39 is 15.9 Å². The SMILES string of the molecule is CCOc1ccc(NC(=O)N(Cc2cccc(OS(=O)(=O)c3ccc(F)cc3)c2)C(C)C)cc1. The molecule has 0 heterocycles. The molecule has 3 aromatic rings. The zero-order valence-corrected chi connectivity index (χ0v) is 20.0. The lowest BCUT2D eigenvalue weighted by atomic mass is 10.2. The van der Waals surface area contributed by atoms with E-state index in [1.54, 1.807) is 47.4 Å². The molecule has 2 amide bonds. The Morgan fingerprint density at radius 1 is 1.00 bits per heavy atom. The van der Waals surface area contributed by atoms with E-state index in [1.165, 1.54) is 6.07 Å². The van der Waals surface area contributed by atoms with Gasteiger partial charge < -0.3 is 19.1 Å². The van der Waals surface area contributed by atoms with Crippen molar-refractivity contribution >= 4 is 21.8 Å². The Labute approximate surface area is 199 Å². The maximum absolute atomic E-state index is 13.1. The largest absolute Gasteiger partial charge is 0.494 e. The van der Waals surface area contributed by atoms with E-state index in [4.69, 9.17) is 8.92 Å². The van der Waals surface area contributed by atoms with Crippen LogP contribution in [0.15, 0.2) is 77.7 Å². The smallest absolute Gasteiger partial charge is 0.339 e. The number of nitrogens with zero attached hydrogens (tertiary/aromatic N) is 1. The van der Waals surface area contributed by atoms with Crippen molar-refractivity contribution in [2.45, 2.75) is 38.3 Å². The number of nitrogens with one attached hydrogen (secondary N) is 1. The molecule has 0 saturated heterocycles. The molecule has 0 aliphatic rings. The number of anilines is 1. The van der Waals surface area contributed by atoms with Gasteiger partial charge in [0.05, 0.1) is 6.61 Å². The molecule has 0 fully saturated rings. The van der Waals surface area contributed by atoms with E-state index in [0.717, 1.165) is 24.3 Å². The second-order valence-electron chi connectivity index (χ2n) is 7.75. The number of carbonyl (C=O) groups excluding carboxylic acids is 1. The maximum atomic E-state index is 13.1. The Morgan fingerprint density at radius 3 is 2.29 bits per heavy atom. The van der Waals surface area contributed by atoms with Gasteiger partial charge in [0.25, 0.3) is 0 Å². The van der Waals surface area contributed by atoms with Crippen LogP contribution in [0.5, 0.6) is 11.5 Å². The highest BCUT2D eigenvalue weighted by Crippen LogP contribution is 2.22. The summed E-state index contributed by atoms with van der Waals surface area (Å²) in [6.07, 6.45) is 0. The fourth-order valence-electron chi connectivity index (χ4n) is 3.15. The summed E-state index contributed by atoms with van der Waals surface area (Å²) in [5.74, 6) is 0.268. The lowest BCUT2D eigenvalue weighted by molar-refractivity contribution is 0.193. The lowest BCUT2D eigenvalue weighted by Crippen LogP contribution is -2.39. The van der Waals surface area contributed by atoms with Crippen LogP contribution in [0.25, 0.3) is 0 Å². The zero-order chi connectivity index (χ0) is 24.7. The van der Waals surface area contributed by atoms with Gasteiger partial charge in [-0.2, -0.15) is 8.42 Å². The average Bonchev–Trinajstić information content (AvgIpc) is 2.79. The lowest BCUT2D eigenvalue weighted by Gasteiger charge is -2.27. The van der Waals surface area contributed by atoms with E-state index in [-0.39, 0.29) is 29.3 Å². The molecule has 0 unspecified atom stereocenters. The van der Waals surface area contributed by atoms with Crippen molar-refractivity contribution in [2.24, 2.45) is 0 Å². The Hall–Kier alpha value is -3.59. The highest BCUT2D eigenvalue weighted by molar-refractivity contribution is 7.87. The van der Waals surface area contributed by atoms with Crippen molar-refractivity contribution in [3.8, 4) is 11.5 Å². The molecule has 3 aromatic carbocycles. The van der Waals surface area contributed by atoms with Gasteiger partial charge in [0.15, 0.2) is 0 Å². The summed E-state index contributed by atoms with van der Waals surface area (Å²) in [5, 5.41) is 2.87. The van der Waals surface area contributed by atoms with Gasteiger partial charge in [-0.05, 0) is 87.0 Å². The first-order valence-electron chi connectivity index (χ1n) is 10.8. The molecule has 0 saturated carbocycles. The molecule has 34 heavy (non-hydrogen) atoms. The number of urea groups is 1. The molecule has 0 atom stereocenters. The number of hydrogen-bond acceptors (Lipinski definition) is 5. The van der Waals surface area contributed by atoms with Gasteiger partial charge in [0.1, 0.15) is 22.2 Å². The van der Waals surface area contributed by atoms with Gasteiger partial charge >= 0.3 is 16.1 Å². The van der Waals surface area contributed by atoms with Gasteiger partial charge in [0.2, 0.25) is 0 Å². The first-order valence-corrected chi connectivity index (χ1v) is 12.2. The topological polar surface area (TPSA) is 84.9 Å². The molecule has 0 bridgehead atoms. The van der Waals surface area contributed by atoms with Crippen molar-refractivity contribution in [1.29, 1.82) is 0 Å². The molecule has 0 aromatic heterocycles. The molecule has 0 radical (unpaired) electrons. The zero-order valence-electron chi connectivity index (χ0n) is 19.2. The summed E-state index contributed by atoms with van der Waals surface area (Å²) in [5.41, 5.74) is 1.31. The molecule has 0 spiro atoms. The van der Waals surface area contributed by atoms with Crippen molar-refractivity contribution in [2.75, 3.05) is 11.9 Å². The van der Waals surface area contributed by atoms with Crippen molar-refractivity contribution in [3.63, 3.8) is 0 Å². The third kappa shape index (κ3) is 6.71. The number of amides is 2. The monoisotopic (exact) mass is 486 g/mol. The van der Waals surface area contributed by atoms with E-state index in [0.29, 0.717) is 23.6 Å². The summed E-state index contributed by atoms with van der Waals surface area (Å²) < 4.78 is 48.8. The molecule has 1 N–H and O–H groups in total. The van der Waals surface area contributed by atoms with Crippen LogP contribution < -0.4 is 14.2 Å². The predicted octanol–water partition coefficient (Wildman–Crippen LogP) is 5.43. The van der Waals surface area contributed by atoms with E-state index in [1.807, 2.05) is 20.8 Å². The molecule has 180 valence electrons. The van der Waals surface area contributed by atoms with Gasteiger partial charge in [-0.3, -0.25) is 0 Å². The van der Waals surface area contributed by atoms with Gasteiger partial charge in [0, 0.05) is 18.3 Å². The van der Waals surface area contributed by atoms with Crippen LogP contribution in [-0.2, 0) is 16.7 Å². The number of carbonyl (C=O) groups is 1. The quantitative estimate of drug-likeness (QED) is 0.408. The number of ether oxygens (including phenoxy) is 1. The number of hydrogen-bond donors (Lipinski definition) is 1. The minimum absolute atomic E-state index is 0.0949. The Bertz CT molecular complexity index is 1210. The van der Waals surface area contributed by atoms with Crippen molar-refractivity contribution in [3.05, 3.63) is 84.2 Å². The van der Waals surface area contributed by atoms with E-state index >= 15 is 0 Å². The van der Waals surface area contributed by atoms with Crippen LogP contribution in [0.4, 0.5) is 14.9 Å². The second kappa shape index (κ2) is 11.0. The third-order valence-electron chi connectivity index (χ3n) is 4.86. The van der Waals surface area contributed by atoms with Crippen LogP contribution in [-0.4, -0.2) is 32.0 Å². The molecular formula is C25H27FN2O5S. The van der Waals surface area contributed by atoms with Crippen LogP contribution in [0.1, 0.15) is 26.3 Å². The van der Waals surface area contributed by atoms with Crippen LogP contribution >= 0.6 is 0 Å². The Kier molecular flexibility index (Phi) is 8.12. The Morgan fingerprint density at radius 2 is 1.68 bits per heavy atom. The Balaban J connectivity index is 1.71. The standard InChI is InChI=1S/C25H27FN2O5S/c1-4-32-22-12-10-21(11-13-22)27-25(29)28(18(2)3)17-19-6-5-7-23(16-19)33-34(30,31)24-14-8-20(26)9-15-24/h5-16,18H,4,17H2,1-3H3,(H,27,29). The molecule has 3 rings (SSSR count). The molecule has 9 heteroatoms. The van der Waals surface area contributed by atoms with Crippen molar-refractivity contribution in [1.82, 2.24) is 4.90 Å². The highest BCUT2D eigenvalue weighted by Gasteiger charge is 2.20. The number of benzene rings is 3. The van der Waals surface area contributed by atoms with Crippen LogP contribution in [0, 0.1) is 5.82 Å². The van der Waals surface area contributed by atoms with Gasteiger partial charge in [-0.1, -0.05) is 12.1 Å². The van der Waals surface area contributed by atoms with Crippen molar-refractivity contribution < 1.29 is 26.5 Å². The number of halogens is 1. The first kappa shape index (κ1) is 25.0. The summed E-state index contributed by atoms with van der Waals surface area (Å²) in [4.78, 5) is 14.4. The normalized spacial score (nSPS) is 11.2. The fourth-order valence-corrected chi connectivity index (χ4v) is 4.08. The van der Waals surface area contributed by atoms with E-state index in [9.17, 15) is 17.6 Å². The summed E-state index contributed by atoms with van der Waals surface area (Å²) in [6.45, 7) is 6.46. The molecule has 7 nitrogen and oxygen atoms in total. The van der Waals surface area contributed by atoms with Gasteiger partial charge in [-0.15, -0.1) is 0 Å². The molecular weight excluding hydrogens is 459 g/mol. The first-order chi connectivity index (χ1) is 16.2. The summed E-state index contributed by atoms with van der Waals surface area (Å²) in [6, 6.07) is 17.5. The fraction of sp³-hybridized carbons (Fsp3) is 0.240. The summed E-state index contributed by atoms with van der Waals surface area (Å²) in [7, 11) is -4.13. The highest BCUT2D eigenvalue weighted by atomic mass is 32.2. The predicted molar refractivity (Wildman–Crippen MR) is 128 cm³/mol. The maximum Gasteiger partial charge on any atom is 0.339 e. The van der Waals surface area contributed by atoms with Crippen LogP contribution in [0.2, 0.25) is 0 Å². The minimum Gasteiger partial charge on any atom is -0.494 e. The minimum atomic E-state index is -4.13. The molecule has 0 aliphatic heterocycles. The average molecular weight is 487 g/mol. The summed E-state index contributed by atoms with van der Waals surface area (Å²) >= 11 is 0. The van der Waals surface area contributed by atoms with E-state index in [2.05, 4.69) is 5.32 Å². The van der Waals surface area contributed by atoms with Gasteiger partial charge in [-0.25, -0.2) is 9.18 Å². The number of rotatable bonds is 9. The molecule has 0 aliphatic carbocycles.